The number of hydrogen-bond acceptors (Lipinski definition) is 1. The van der Waals surface area contributed by atoms with Gasteiger partial charge in [0.1, 0.15) is 0 Å². The van der Waals surface area contributed by atoms with E-state index in [0.717, 1.165) is 23.5 Å². The molecule has 17 heavy (non-hydrogen) atoms. The Kier molecular flexibility index (Phi) is 2.69. The highest BCUT2D eigenvalue weighted by Gasteiger charge is 2.32. The van der Waals surface area contributed by atoms with Crippen molar-refractivity contribution in [1.82, 2.24) is 9.78 Å². The van der Waals surface area contributed by atoms with E-state index in [-0.39, 0.29) is 0 Å². The second-order valence-corrected chi connectivity index (χ2v) is 3.91. The van der Waals surface area contributed by atoms with Gasteiger partial charge in [-0.05, 0) is 25.0 Å². The average molecular weight is 240 g/mol. The van der Waals surface area contributed by atoms with Gasteiger partial charge in [0, 0.05) is 6.20 Å². The molecule has 0 saturated heterocycles. The molecule has 1 heterocycles. The summed E-state index contributed by atoms with van der Waals surface area (Å²) in [6.45, 7) is 3.69. The molecule has 0 N–H and O–H groups in total. The van der Waals surface area contributed by atoms with Gasteiger partial charge >= 0.3 is 6.18 Å². The van der Waals surface area contributed by atoms with Gasteiger partial charge in [-0.2, -0.15) is 18.3 Å². The number of rotatable bonds is 1. The second-order valence-electron chi connectivity index (χ2n) is 3.91. The number of hydrogen-bond donors (Lipinski definition) is 0. The van der Waals surface area contributed by atoms with E-state index in [9.17, 15) is 13.2 Å². The maximum absolute atomic E-state index is 12.5. The summed E-state index contributed by atoms with van der Waals surface area (Å²) in [5.41, 5.74) is 1.74. The van der Waals surface area contributed by atoms with E-state index in [1.807, 2.05) is 32.0 Å². The average Bonchev–Trinajstić information content (AvgIpc) is 2.65. The molecule has 1 aromatic carbocycles. The molecule has 0 aliphatic carbocycles. The maximum Gasteiger partial charge on any atom is 0.419 e. The number of halogens is 3. The van der Waals surface area contributed by atoms with Crippen LogP contribution in [0, 0.1) is 13.8 Å². The lowest BCUT2D eigenvalue weighted by atomic mass is 10.1. The zero-order valence-electron chi connectivity index (χ0n) is 9.42. The Morgan fingerprint density at radius 1 is 1.12 bits per heavy atom. The fraction of sp³-hybridized carbons (Fsp3) is 0.250. The summed E-state index contributed by atoms with van der Waals surface area (Å²) in [7, 11) is 0. The van der Waals surface area contributed by atoms with Crippen molar-refractivity contribution in [2.24, 2.45) is 0 Å². The Balaban J connectivity index is 2.51. The minimum absolute atomic E-state index is 0.697. The fourth-order valence-corrected chi connectivity index (χ4v) is 1.76. The van der Waals surface area contributed by atoms with E-state index in [4.69, 9.17) is 0 Å². The molecule has 0 radical (unpaired) electrons. The van der Waals surface area contributed by atoms with Crippen LogP contribution in [-0.2, 0) is 6.18 Å². The largest absolute Gasteiger partial charge is 0.419 e. The zero-order valence-corrected chi connectivity index (χ0v) is 9.42. The highest BCUT2D eigenvalue weighted by molar-refractivity contribution is 5.46. The predicted octanol–water partition coefficient (Wildman–Crippen LogP) is 3.51. The van der Waals surface area contributed by atoms with Gasteiger partial charge in [0.15, 0.2) is 0 Å². The van der Waals surface area contributed by atoms with E-state index in [2.05, 4.69) is 5.10 Å². The molecule has 2 nitrogen and oxygen atoms in total. The van der Waals surface area contributed by atoms with Crippen LogP contribution < -0.4 is 0 Å². The Labute approximate surface area is 96.7 Å². The summed E-state index contributed by atoms with van der Waals surface area (Å²) in [6, 6.07) is 5.55. The molecule has 0 saturated carbocycles. The molecule has 0 atom stereocenters. The van der Waals surface area contributed by atoms with Crippen LogP contribution in [0.4, 0.5) is 13.2 Å². The minimum Gasteiger partial charge on any atom is -0.240 e. The van der Waals surface area contributed by atoms with Crippen molar-refractivity contribution in [3.05, 3.63) is 47.3 Å². The quantitative estimate of drug-likeness (QED) is 0.745. The van der Waals surface area contributed by atoms with Gasteiger partial charge in [0.05, 0.1) is 17.4 Å². The lowest BCUT2D eigenvalue weighted by Gasteiger charge is -2.09. The van der Waals surface area contributed by atoms with Crippen LogP contribution in [0.2, 0.25) is 0 Å². The topological polar surface area (TPSA) is 17.8 Å². The van der Waals surface area contributed by atoms with Gasteiger partial charge in [-0.3, -0.25) is 0 Å². The van der Waals surface area contributed by atoms with Crippen LogP contribution in [0.3, 0.4) is 0 Å². The van der Waals surface area contributed by atoms with Crippen molar-refractivity contribution in [3.63, 3.8) is 0 Å². The van der Waals surface area contributed by atoms with Crippen LogP contribution in [0.5, 0.6) is 0 Å². The van der Waals surface area contributed by atoms with Gasteiger partial charge in [-0.25, -0.2) is 4.68 Å². The maximum atomic E-state index is 12.5. The SMILES string of the molecule is Cc1cccc(C)c1-n1cc(C(F)(F)F)cn1. The van der Waals surface area contributed by atoms with Crippen molar-refractivity contribution in [1.29, 1.82) is 0 Å². The van der Waals surface area contributed by atoms with Crippen molar-refractivity contribution < 1.29 is 13.2 Å². The first-order chi connectivity index (χ1) is 7.89. The Hall–Kier alpha value is -1.78. The van der Waals surface area contributed by atoms with E-state index < -0.39 is 11.7 Å². The normalized spacial score (nSPS) is 11.8. The monoisotopic (exact) mass is 240 g/mol. The van der Waals surface area contributed by atoms with Crippen LogP contribution in [-0.4, -0.2) is 9.78 Å². The van der Waals surface area contributed by atoms with Crippen LogP contribution in [0.1, 0.15) is 16.7 Å². The van der Waals surface area contributed by atoms with E-state index in [0.29, 0.717) is 5.69 Å². The predicted molar refractivity (Wildman–Crippen MR) is 58.0 cm³/mol. The first-order valence-corrected chi connectivity index (χ1v) is 5.08. The van der Waals surface area contributed by atoms with Gasteiger partial charge in [0.25, 0.3) is 0 Å². The molecule has 5 heteroatoms. The Morgan fingerprint density at radius 2 is 1.71 bits per heavy atom. The number of aryl methyl sites for hydroxylation is 2. The third kappa shape index (κ3) is 2.18. The molecule has 0 aliphatic heterocycles. The number of benzene rings is 1. The summed E-state index contributed by atoms with van der Waals surface area (Å²) in [5.74, 6) is 0. The molecular weight excluding hydrogens is 229 g/mol. The number of aromatic nitrogens is 2. The number of para-hydroxylation sites is 1. The Morgan fingerprint density at radius 3 is 2.18 bits per heavy atom. The number of alkyl halides is 3. The summed E-state index contributed by atoms with van der Waals surface area (Å²) in [4.78, 5) is 0. The molecule has 2 rings (SSSR count). The molecule has 0 unspecified atom stereocenters. The molecule has 90 valence electrons. The molecule has 0 bridgehead atoms. The van der Waals surface area contributed by atoms with Crippen LogP contribution in [0.25, 0.3) is 5.69 Å². The van der Waals surface area contributed by atoms with Gasteiger partial charge < -0.3 is 0 Å². The smallest absolute Gasteiger partial charge is 0.240 e. The van der Waals surface area contributed by atoms with Crippen molar-refractivity contribution in [2.75, 3.05) is 0 Å². The summed E-state index contributed by atoms with van der Waals surface area (Å²) in [6.07, 6.45) is -2.50. The Bertz CT molecular complexity index is 521. The van der Waals surface area contributed by atoms with Crippen LogP contribution in [0.15, 0.2) is 30.6 Å². The first kappa shape index (κ1) is 11.7. The van der Waals surface area contributed by atoms with E-state index >= 15 is 0 Å². The summed E-state index contributed by atoms with van der Waals surface area (Å²) >= 11 is 0. The van der Waals surface area contributed by atoms with Gasteiger partial charge in [-0.1, -0.05) is 18.2 Å². The first-order valence-electron chi connectivity index (χ1n) is 5.08. The van der Waals surface area contributed by atoms with E-state index in [1.165, 1.54) is 4.68 Å². The highest BCUT2D eigenvalue weighted by atomic mass is 19.4. The third-order valence-electron chi connectivity index (χ3n) is 2.58. The summed E-state index contributed by atoms with van der Waals surface area (Å²) in [5, 5.41) is 3.77. The van der Waals surface area contributed by atoms with E-state index in [1.54, 1.807) is 0 Å². The molecule has 0 fully saturated rings. The van der Waals surface area contributed by atoms with Crippen molar-refractivity contribution >= 4 is 0 Å². The number of nitrogens with zero attached hydrogens (tertiary/aromatic N) is 2. The lowest BCUT2D eigenvalue weighted by Crippen LogP contribution is -2.04. The standard InChI is InChI=1S/C12H11F3N2/c1-8-4-3-5-9(2)11(8)17-7-10(6-16-17)12(13,14)15/h3-7H,1-2H3. The second kappa shape index (κ2) is 3.91. The minimum atomic E-state index is -4.35. The third-order valence-corrected chi connectivity index (χ3v) is 2.58. The van der Waals surface area contributed by atoms with Crippen molar-refractivity contribution in [2.45, 2.75) is 20.0 Å². The molecule has 1 aromatic heterocycles. The highest BCUT2D eigenvalue weighted by Crippen LogP contribution is 2.29. The van der Waals surface area contributed by atoms with Crippen molar-refractivity contribution in [3.8, 4) is 5.69 Å². The van der Waals surface area contributed by atoms with Gasteiger partial charge in [0.2, 0.25) is 0 Å². The molecule has 0 spiro atoms. The molecule has 0 amide bonds. The molecule has 2 aromatic rings. The van der Waals surface area contributed by atoms with Gasteiger partial charge in [-0.15, -0.1) is 0 Å². The van der Waals surface area contributed by atoms with Crippen LogP contribution >= 0.6 is 0 Å². The lowest BCUT2D eigenvalue weighted by molar-refractivity contribution is -0.137. The molecular formula is C12H11F3N2. The summed E-state index contributed by atoms with van der Waals surface area (Å²) < 4.78 is 38.7. The molecule has 0 aliphatic rings. The fourth-order valence-electron chi connectivity index (χ4n) is 1.76. The zero-order chi connectivity index (χ0) is 12.6.